The monoisotopic (exact) mass is 436 g/mol. The van der Waals surface area contributed by atoms with E-state index in [0.717, 1.165) is 5.56 Å². The molecule has 0 unspecified atom stereocenters. The van der Waals surface area contributed by atoms with Gasteiger partial charge in [0.2, 0.25) is 10.0 Å². The van der Waals surface area contributed by atoms with Crippen molar-refractivity contribution in [2.75, 3.05) is 14.2 Å². The van der Waals surface area contributed by atoms with Gasteiger partial charge in [0.1, 0.15) is 5.82 Å². The van der Waals surface area contributed by atoms with Crippen molar-refractivity contribution >= 4 is 37.4 Å². The zero-order chi connectivity index (χ0) is 21.0. The molecule has 2 aromatic carbocycles. The lowest BCUT2D eigenvalue weighted by molar-refractivity contribution is 0.0950. The second-order valence-corrected chi connectivity index (χ2v) is 9.40. The van der Waals surface area contributed by atoms with Crippen LogP contribution >= 0.6 is 11.3 Å². The zero-order valence-electron chi connectivity index (χ0n) is 16.0. The van der Waals surface area contributed by atoms with Gasteiger partial charge in [-0.1, -0.05) is 30.3 Å². The molecule has 0 radical (unpaired) electrons. The summed E-state index contributed by atoms with van der Waals surface area (Å²) in [5.41, 5.74) is 2.01. The van der Waals surface area contributed by atoms with Crippen LogP contribution in [0, 0.1) is 5.82 Å². The first-order valence-electron chi connectivity index (χ1n) is 8.80. The molecule has 29 heavy (non-hydrogen) atoms. The van der Waals surface area contributed by atoms with Crippen LogP contribution < -0.4 is 10.0 Å². The molecule has 2 N–H and O–H groups in total. The molecule has 3 aromatic rings. The van der Waals surface area contributed by atoms with Crippen molar-refractivity contribution in [3.8, 4) is 0 Å². The Kier molecular flexibility index (Phi) is 6.63. The Morgan fingerprint density at radius 1 is 1.14 bits per heavy atom. The fourth-order valence-electron chi connectivity index (χ4n) is 2.94. The van der Waals surface area contributed by atoms with Crippen molar-refractivity contribution in [1.29, 1.82) is 0 Å². The fraction of sp³-hybridized carbons (Fsp3) is 0.250. The summed E-state index contributed by atoms with van der Waals surface area (Å²) in [6.07, 6.45) is 0. The molecule has 1 heterocycles. The van der Waals surface area contributed by atoms with E-state index in [4.69, 9.17) is 4.74 Å². The number of halogens is 1. The van der Waals surface area contributed by atoms with Crippen molar-refractivity contribution in [1.82, 2.24) is 10.0 Å². The molecule has 0 spiro atoms. The molecule has 1 amide bonds. The standard InChI is InChI=1S/C20H21FN2O4S2/c1-22-29(25,26)12-14-8-6-13(7-9-14)10-23-20(24)19-15(11-27-2)18-16(21)4-3-5-17(18)28-19/h3-9,22H,10-12H2,1-2H3,(H,23,24). The summed E-state index contributed by atoms with van der Waals surface area (Å²) in [4.78, 5) is 13.1. The number of hydrogen-bond acceptors (Lipinski definition) is 5. The lowest BCUT2D eigenvalue weighted by Gasteiger charge is -2.08. The number of thiophene rings is 1. The summed E-state index contributed by atoms with van der Waals surface area (Å²) in [7, 11) is -0.461. The molecule has 0 aliphatic rings. The average Bonchev–Trinajstić information content (AvgIpc) is 3.07. The molecule has 3 rings (SSSR count). The van der Waals surface area contributed by atoms with Crippen LogP contribution in [0.5, 0.6) is 0 Å². The number of carbonyl (C=O) groups is 1. The van der Waals surface area contributed by atoms with Crippen LogP contribution in [0.25, 0.3) is 10.1 Å². The van der Waals surface area contributed by atoms with E-state index in [1.165, 1.54) is 31.6 Å². The molecule has 6 nitrogen and oxygen atoms in total. The molecule has 0 aliphatic carbocycles. The lowest BCUT2D eigenvalue weighted by atomic mass is 10.1. The molecular formula is C20H21FN2O4S2. The van der Waals surface area contributed by atoms with Crippen LogP contribution in [0.1, 0.15) is 26.4 Å². The van der Waals surface area contributed by atoms with Crippen LogP contribution in [0.4, 0.5) is 4.39 Å². The number of ether oxygens (including phenoxy) is 1. The highest BCUT2D eigenvalue weighted by atomic mass is 32.2. The minimum Gasteiger partial charge on any atom is -0.380 e. The fourth-order valence-corrected chi connectivity index (χ4v) is 4.85. The molecule has 0 saturated heterocycles. The molecule has 0 aliphatic heterocycles. The Hall–Kier alpha value is -2.33. The minimum atomic E-state index is -3.33. The summed E-state index contributed by atoms with van der Waals surface area (Å²) in [5, 5.41) is 3.25. The maximum Gasteiger partial charge on any atom is 0.262 e. The number of rotatable bonds is 8. The van der Waals surface area contributed by atoms with Gasteiger partial charge in [0.25, 0.3) is 5.91 Å². The smallest absolute Gasteiger partial charge is 0.262 e. The molecule has 0 fully saturated rings. The van der Waals surface area contributed by atoms with Crippen LogP contribution in [0.2, 0.25) is 0 Å². The topological polar surface area (TPSA) is 84.5 Å². The summed E-state index contributed by atoms with van der Waals surface area (Å²) < 4.78 is 45.6. The normalized spacial score (nSPS) is 11.7. The molecule has 9 heteroatoms. The van der Waals surface area contributed by atoms with Crippen molar-refractivity contribution in [3.05, 3.63) is 69.8 Å². The van der Waals surface area contributed by atoms with Crippen LogP contribution in [0.3, 0.4) is 0 Å². The highest BCUT2D eigenvalue weighted by molar-refractivity contribution is 7.88. The first-order valence-corrected chi connectivity index (χ1v) is 11.3. The van der Waals surface area contributed by atoms with Gasteiger partial charge >= 0.3 is 0 Å². The molecule has 0 saturated carbocycles. The first kappa shape index (κ1) is 21.4. The summed E-state index contributed by atoms with van der Waals surface area (Å²) in [6.45, 7) is 0.402. The maximum atomic E-state index is 14.3. The number of sulfonamides is 1. The SMILES string of the molecule is CNS(=O)(=O)Cc1ccc(CNC(=O)c2sc3cccc(F)c3c2COC)cc1. The third-order valence-electron chi connectivity index (χ3n) is 4.40. The van der Waals surface area contributed by atoms with Gasteiger partial charge in [-0.15, -0.1) is 11.3 Å². The molecule has 1 aromatic heterocycles. The molecule has 154 valence electrons. The second kappa shape index (κ2) is 9.00. The van der Waals surface area contributed by atoms with E-state index in [-0.39, 0.29) is 30.6 Å². The van der Waals surface area contributed by atoms with Gasteiger partial charge in [-0.25, -0.2) is 17.5 Å². The number of amides is 1. The Labute approximate surface area is 172 Å². The molecule has 0 atom stereocenters. The highest BCUT2D eigenvalue weighted by Crippen LogP contribution is 2.33. The van der Waals surface area contributed by atoms with Crippen molar-refractivity contribution in [3.63, 3.8) is 0 Å². The second-order valence-electron chi connectivity index (χ2n) is 6.42. The number of benzene rings is 2. The van der Waals surface area contributed by atoms with Crippen molar-refractivity contribution in [2.24, 2.45) is 0 Å². The molecule has 0 bridgehead atoms. The van der Waals surface area contributed by atoms with E-state index in [0.29, 0.717) is 26.1 Å². The van der Waals surface area contributed by atoms with E-state index < -0.39 is 10.0 Å². The van der Waals surface area contributed by atoms with E-state index in [2.05, 4.69) is 10.0 Å². The largest absolute Gasteiger partial charge is 0.380 e. The summed E-state index contributed by atoms with van der Waals surface area (Å²) in [5.74, 6) is -0.791. The van der Waals surface area contributed by atoms with Crippen LogP contribution in [0.15, 0.2) is 42.5 Å². The third-order valence-corrected chi connectivity index (χ3v) is 6.93. The molecular weight excluding hydrogens is 415 g/mol. The van der Waals surface area contributed by atoms with Crippen LogP contribution in [-0.4, -0.2) is 28.5 Å². The number of nitrogens with one attached hydrogen (secondary N) is 2. The predicted octanol–water partition coefficient (Wildman–Crippen LogP) is 3.17. The van der Waals surface area contributed by atoms with Gasteiger partial charge in [-0.2, -0.15) is 0 Å². The number of methoxy groups -OCH3 is 1. The van der Waals surface area contributed by atoms with Crippen molar-refractivity contribution in [2.45, 2.75) is 18.9 Å². The van der Waals surface area contributed by atoms with Gasteiger partial charge < -0.3 is 10.1 Å². The Morgan fingerprint density at radius 2 is 1.83 bits per heavy atom. The first-order chi connectivity index (χ1) is 13.8. The van der Waals surface area contributed by atoms with E-state index in [1.807, 2.05) is 0 Å². The van der Waals surface area contributed by atoms with Crippen LogP contribution in [-0.2, 0) is 33.7 Å². The van der Waals surface area contributed by atoms with E-state index >= 15 is 0 Å². The predicted molar refractivity (Wildman–Crippen MR) is 112 cm³/mol. The summed E-state index contributed by atoms with van der Waals surface area (Å²) >= 11 is 1.23. The quantitative estimate of drug-likeness (QED) is 0.568. The highest BCUT2D eigenvalue weighted by Gasteiger charge is 2.20. The average molecular weight is 437 g/mol. The van der Waals surface area contributed by atoms with Gasteiger partial charge in [-0.05, 0) is 30.3 Å². The number of fused-ring (bicyclic) bond motifs is 1. The maximum absolute atomic E-state index is 14.3. The van der Waals surface area contributed by atoms with Crippen molar-refractivity contribution < 1.29 is 22.3 Å². The Bertz CT molecular complexity index is 1130. The number of hydrogen-bond donors (Lipinski definition) is 2. The van der Waals surface area contributed by atoms with E-state index in [9.17, 15) is 17.6 Å². The van der Waals surface area contributed by atoms with Gasteiger partial charge in [-0.3, -0.25) is 4.79 Å². The zero-order valence-corrected chi connectivity index (χ0v) is 17.6. The van der Waals surface area contributed by atoms with E-state index in [1.54, 1.807) is 36.4 Å². The summed E-state index contributed by atoms with van der Waals surface area (Å²) in [6, 6.07) is 11.7. The third kappa shape index (κ3) is 4.99. The Morgan fingerprint density at radius 3 is 2.48 bits per heavy atom. The van der Waals surface area contributed by atoms with Gasteiger partial charge in [0.15, 0.2) is 0 Å². The van der Waals surface area contributed by atoms with Gasteiger partial charge in [0, 0.05) is 29.3 Å². The minimum absolute atomic E-state index is 0.107. The lowest BCUT2D eigenvalue weighted by Crippen LogP contribution is -2.23. The number of carbonyl (C=O) groups excluding carboxylic acids is 1. The Balaban J connectivity index is 1.74. The van der Waals surface area contributed by atoms with Gasteiger partial charge in [0.05, 0.1) is 17.2 Å².